The number of rotatable bonds is 1. The summed E-state index contributed by atoms with van der Waals surface area (Å²) in [7, 11) is 0. The Labute approximate surface area is 117 Å². The van der Waals surface area contributed by atoms with E-state index in [2.05, 4.69) is 10.3 Å². The third-order valence-electron chi connectivity index (χ3n) is 1.50. The first-order valence-corrected chi connectivity index (χ1v) is 6.16. The highest BCUT2D eigenvalue weighted by Crippen LogP contribution is 2.23. The van der Waals surface area contributed by atoms with Gasteiger partial charge in [0.05, 0.1) is 0 Å². The van der Waals surface area contributed by atoms with Gasteiger partial charge in [0.25, 0.3) is 0 Å². The summed E-state index contributed by atoms with van der Waals surface area (Å²) in [4.78, 5) is 14.9. The van der Waals surface area contributed by atoms with Crippen LogP contribution in [0.25, 0.3) is 0 Å². The summed E-state index contributed by atoms with van der Waals surface area (Å²) in [5, 5.41) is 2.26. The molecule has 0 aliphatic heterocycles. The fourth-order valence-corrected chi connectivity index (χ4v) is 1.56. The van der Waals surface area contributed by atoms with Crippen LogP contribution in [0.5, 0.6) is 0 Å². The first kappa shape index (κ1) is 14.4. The molecule has 0 saturated heterocycles. The Morgan fingerprint density at radius 1 is 1.59 bits per heavy atom. The predicted molar refractivity (Wildman–Crippen MR) is 71.8 cm³/mol. The molecule has 0 aliphatic carbocycles. The van der Waals surface area contributed by atoms with Gasteiger partial charge < -0.3 is 4.74 Å². The van der Waals surface area contributed by atoms with Crippen molar-refractivity contribution in [3.63, 3.8) is 0 Å². The normalized spacial score (nSPS) is 11.2. The Morgan fingerprint density at radius 3 is 2.65 bits per heavy atom. The molecular weight excluding hydrogens is 361 g/mol. The van der Waals surface area contributed by atoms with Gasteiger partial charge in [-0.25, -0.2) is 9.78 Å². The standard InChI is InChI=1S/C10H11ClFIN2O2/c1-10(2,3)17-9(16)15-6-4-5(13)7(11)8(12)14-6/h4H,1-3H3,(H,14,15,16). The molecular formula is C10H11ClFIN2O2. The summed E-state index contributed by atoms with van der Waals surface area (Å²) in [6, 6.07) is 1.45. The summed E-state index contributed by atoms with van der Waals surface area (Å²) >= 11 is 7.45. The van der Waals surface area contributed by atoms with E-state index >= 15 is 0 Å². The van der Waals surface area contributed by atoms with E-state index in [0.29, 0.717) is 3.57 Å². The van der Waals surface area contributed by atoms with Crippen LogP contribution in [0, 0.1) is 9.52 Å². The zero-order valence-corrected chi connectivity index (χ0v) is 12.4. The molecule has 1 aromatic heterocycles. The molecule has 0 unspecified atom stereocenters. The molecule has 0 aliphatic rings. The Kier molecular flexibility index (Phi) is 4.54. The van der Waals surface area contributed by atoms with E-state index in [1.54, 1.807) is 20.8 Å². The molecule has 0 fully saturated rings. The van der Waals surface area contributed by atoms with Gasteiger partial charge in [0.2, 0.25) is 5.95 Å². The largest absolute Gasteiger partial charge is 0.444 e. The van der Waals surface area contributed by atoms with Crippen molar-refractivity contribution >= 4 is 46.1 Å². The van der Waals surface area contributed by atoms with Crippen LogP contribution in [0.3, 0.4) is 0 Å². The van der Waals surface area contributed by atoms with E-state index in [-0.39, 0.29) is 10.8 Å². The second kappa shape index (κ2) is 5.34. The van der Waals surface area contributed by atoms with Crippen molar-refractivity contribution in [2.45, 2.75) is 26.4 Å². The minimum atomic E-state index is -0.829. The Hall–Kier alpha value is -0.630. The van der Waals surface area contributed by atoms with Gasteiger partial charge in [-0.2, -0.15) is 4.39 Å². The number of nitrogens with zero attached hydrogens (tertiary/aromatic N) is 1. The lowest BCUT2D eigenvalue weighted by Crippen LogP contribution is -2.27. The van der Waals surface area contributed by atoms with Crippen molar-refractivity contribution < 1.29 is 13.9 Å². The minimum Gasteiger partial charge on any atom is -0.444 e. The van der Waals surface area contributed by atoms with E-state index in [4.69, 9.17) is 16.3 Å². The van der Waals surface area contributed by atoms with Crippen LogP contribution in [0.15, 0.2) is 6.07 Å². The molecule has 1 amide bonds. The van der Waals surface area contributed by atoms with Crippen LogP contribution >= 0.6 is 34.2 Å². The van der Waals surface area contributed by atoms with Gasteiger partial charge in [0.1, 0.15) is 16.4 Å². The monoisotopic (exact) mass is 372 g/mol. The number of halogens is 3. The van der Waals surface area contributed by atoms with Crippen molar-refractivity contribution in [1.29, 1.82) is 0 Å². The van der Waals surface area contributed by atoms with Crippen molar-refractivity contribution in [1.82, 2.24) is 4.98 Å². The highest BCUT2D eigenvalue weighted by molar-refractivity contribution is 14.1. The topological polar surface area (TPSA) is 51.2 Å². The van der Waals surface area contributed by atoms with Gasteiger partial charge in [0.15, 0.2) is 0 Å². The van der Waals surface area contributed by atoms with E-state index in [0.717, 1.165) is 0 Å². The number of carbonyl (C=O) groups is 1. The first-order chi connectivity index (χ1) is 7.69. The number of hydrogen-bond donors (Lipinski definition) is 1. The predicted octanol–water partition coefficient (Wildman–Crippen LogP) is 3.83. The zero-order chi connectivity index (χ0) is 13.2. The third kappa shape index (κ3) is 4.63. The molecule has 0 aromatic carbocycles. The smallest absolute Gasteiger partial charge is 0.413 e. The Bertz CT molecular complexity index is 425. The summed E-state index contributed by atoms with van der Waals surface area (Å²) in [6.45, 7) is 5.19. The van der Waals surface area contributed by atoms with Crippen LogP contribution in [-0.4, -0.2) is 16.7 Å². The Balaban J connectivity index is 2.79. The fraction of sp³-hybridized carbons (Fsp3) is 0.400. The SMILES string of the molecule is CC(C)(C)OC(=O)Nc1cc(I)c(Cl)c(F)n1. The molecule has 0 spiro atoms. The molecule has 1 N–H and O–H groups in total. The highest BCUT2D eigenvalue weighted by atomic mass is 127. The second-order valence-electron chi connectivity index (χ2n) is 4.22. The average molecular weight is 373 g/mol. The third-order valence-corrected chi connectivity index (χ3v) is 3.03. The molecule has 7 heteroatoms. The molecule has 0 radical (unpaired) electrons. The quantitative estimate of drug-likeness (QED) is 0.602. The van der Waals surface area contributed by atoms with Crippen LogP contribution in [0.1, 0.15) is 20.8 Å². The van der Waals surface area contributed by atoms with Crippen molar-refractivity contribution in [3.05, 3.63) is 20.6 Å². The van der Waals surface area contributed by atoms with E-state index in [1.807, 2.05) is 22.6 Å². The summed E-state index contributed by atoms with van der Waals surface area (Å²) in [5.41, 5.74) is -0.623. The summed E-state index contributed by atoms with van der Waals surface area (Å²) < 4.78 is 18.7. The van der Waals surface area contributed by atoms with Crippen molar-refractivity contribution in [2.24, 2.45) is 0 Å². The van der Waals surface area contributed by atoms with Gasteiger partial charge in [-0.15, -0.1) is 0 Å². The van der Waals surface area contributed by atoms with Crippen LogP contribution in [0.2, 0.25) is 5.02 Å². The van der Waals surface area contributed by atoms with Gasteiger partial charge in [0, 0.05) is 3.57 Å². The Morgan fingerprint density at radius 2 is 2.18 bits per heavy atom. The highest BCUT2D eigenvalue weighted by Gasteiger charge is 2.17. The number of nitrogens with one attached hydrogen (secondary N) is 1. The number of ether oxygens (including phenoxy) is 1. The van der Waals surface area contributed by atoms with E-state index in [1.165, 1.54) is 6.07 Å². The van der Waals surface area contributed by atoms with Gasteiger partial charge in [-0.3, -0.25) is 5.32 Å². The number of amides is 1. The molecule has 17 heavy (non-hydrogen) atoms. The van der Waals surface area contributed by atoms with E-state index < -0.39 is 17.6 Å². The fourth-order valence-electron chi connectivity index (χ4n) is 0.941. The lowest BCUT2D eigenvalue weighted by molar-refractivity contribution is 0.0635. The van der Waals surface area contributed by atoms with Crippen molar-refractivity contribution in [2.75, 3.05) is 5.32 Å². The maximum atomic E-state index is 13.2. The average Bonchev–Trinajstić information content (AvgIpc) is 2.10. The zero-order valence-electron chi connectivity index (χ0n) is 9.47. The summed E-state index contributed by atoms with van der Waals surface area (Å²) in [6.07, 6.45) is -0.692. The number of carbonyl (C=O) groups excluding carboxylic acids is 1. The molecule has 0 bridgehead atoms. The van der Waals surface area contributed by atoms with Gasteiger partial charge in [-0.05, 0) is 49.4 Å². The first-order valence-electron chi connectivity index (χ1n) is 4.70. The number of anilines is 1. The minimum absolute atomic E-state index is 0.0607. The molecule has 94 valence electrons. The van der Waals surface area contributed by atoms with Gasteiger partial charge >= 0.3 is 6.09 Å². The lowest BCUT2D eigenvalue weighted by Gasteiger charge is -2.19. The maximum Gasteiger partial charge on any atom is 0.413 e. The molecule has 4 nitrogen and oxygen atoms in total. The number of aromatic nitrogens is 1. The molecule has 1 heterocycles. The molecule has 1 aromatic rings. The van der Waals surface area contributed by atoms with Crippen LogP contribution in [-0.2, 0) is 4.74 Å². The van der Waals surface area contributed by atoms with Gasteiger partial charge in [-0.1, -0.05) is 11.6 Å². The van der Waals surface area contributed by atoms with Crippen LogP contribution < -0.4 is 5.32 Å². The van der Waals surface area contributed by atoms with Crippen LogP contribution in [0.4, 0.5) is 15.0 Å². The number of pyridine rings is 1. The maximum absolute atomic E-state index is 13.2. The summed E-state index contributed by atoms with van der Waals surface area (Å²) in [5.74, 6) is -0.768. The lowest BCUT2D eigenvalue weighted by atomic mass is 10.2. The van der Waals surface area contributed by atoms with E-state index in [9.17, 15) is 9.18 Å². The van der Waals surface area contributed by atoms with Crippen molar-refractivity contribution in [3.8, 4) is 0 Å². The number of hydrogen-bond acceptors (Lipinski definition) is 3. The molecule has 0 saturated carbocycles. The molecule has 0 atom stereocenters. The second-order valence-corrected chi connectivity index (χ2v) is 5.76. The molecule has 1 rings (SSSR count).